The molecule has 1 aromatic heterocycles. The lowest BCUT2D eigenvalue weighted by Crippen LogP contribution is -2.30. The molecule has 1 aliphatic rings. The number of aromatic nitrogens is 1. The number of hydrogen-bond acceptors (Lipinski definition) is 5. The van der Waals surface area contributed by atoms with Gasteiger partial charge in [-0.1, -0.05) is 0 Å². The van der Waals surface area contributed by atoms with Crippen molar-refractivity contribution in [1.29, 1.82) is 0 Å². The first-order valence-electron chi connectivity index (χ1n) is 9.99. The van der Waals surface area contributed by atoms with Gasteiger partial charge in [0.1, 0.15) is 17.2 Å². The van der Waals surface area contributed by atoms with E-state index in [9.17, 15) is 9.59 Å². The number of amides is 3. The van der Waals surface area contributed by atoms with Gasteiger partial charge < -0.3 is 25.8 Å². The summed E-state index contributed by atoms with van der Waals surface area (Å²) < 4.78 is 11.4. The Morgan fingerprint density at radius 3 is 2.52 bits per heavy atom. The number of rotatable bonds is 6. The number of methoxy groups -OCH3 is 1. The first-order chi connectivity index (χ1) is 14.9. The van der Waals surface area contributed by atoms with E-state index in [1.165, 1.54) is 7.11 Å². The molecule has 0 radical (unpaired) electrons. The Morgan fingerprint density at radius 1 is 1.06 bits per heavy atom. The Bertz CT molecular complexity index is 1190. The number of pyridine rings is 1. The zero-order valence-corrected chi connectivity index (χ0v) is 17.6. The number of hydrogen-bond donors (Lipinski definition) is 3. The molecule has 3 aromatic rings. The maximum absolute atomic E-state index is 12.1. The van der Waals surface area contributed by atoms with Crippen LogP contribution in [0.15, 0.2) is 36.5 Å². The molecule has 8 heteroatoms. The second-order valence-electron chi connectivity index (χ2n) is 7.65. The molecule has 0 saturated heterocycles. The van der Waals surface area contributed by atoms with Crippen molar-refractivity contribution in [2.24, 2.45) is 5.73 Å². The van der Waals surface area contributed by atoms with Crippen LogP contribution in [0.1, 0.15) is 34.3 Å². The average molecular weight is 420 g/mol. The quantitative estimate of drug-likeness (QED) is 0.557. The van der Waals surface area contributed by atoms with Crippen LogP contribution in [-0.2, 0) is 0 Å². The van der Waals surface area contributed by atoms with Crippen molar-refractivity contribution in [3.63, 3.8) is 0 Å². The third kappa shape index (κ3) is 4.37. The molecule has 4 rings (SSSR count). The zero-order valence-electron chi connectivity index (χ0n) is 17.6. The van der Waals surface area contributed by atoms with Gasteiger partial charge in [-0.25, -0.2) is 4.79 Å². The van der Waals surface area contributed by atoms with Crippen molar-refractivity contribution >= 4 is 28.5 Å². The van der Waals surface area contributed by atoms with Crippen molar-refractivity contribution in [2.75, 3.05) is 12.4 Å². The molecule has 1 heterocycles. The molecule has 4 N–H and O–H groups in total. The molecule has 1 aliphatic carbocycles. The Hall–Kier alpha value is -3.81. The summed E-state index contributed by atoms with van der Waals surface area (Å²) in [6.45, 7) is 3.81. The minimum Gasteiger partial charge on any atom is -0.496 e. The Morgan fingerprint density at radius 2 is 1.84 bits per heavy atom. The van der Waals surface area contributed by atoms with E-state index in [1.54, 1.807) is 24.4 Å². The van der Waals surface area contributed by atoms with Crippen molar-refractivity contribution in [2.45, 2.75) is 32.7 Å². The molecule has 8 nitrogen and oxygen atoms in total. The Labute approximate surface area is 179 Å². The van der Waals surface area contributed by atoms with Crippen molar-refractivity contribution < 1.29 is 19.1 Å². The number of nitrogens with two attached hydrogens (primary N) is 1. The average Bonchev–Trinajstić information content (AvgIpc) is 3.54. The fourth-order valence-electron chi connectivity index (χ4n) is 3.32. The molecule has 0 atom stereocenters. The Balaban J connectivity index is 1.65. The zero-order chi connectivity index (χ0) is 22.1. The number of nitrogens with one attached hydrogen (secondary N) is 2. The molecule has 0 bridgehead atoms. The molecule has 31 heavy (non-hydrogen) atoms. The topological polar surface area (TPSA) is 116 Å². The summed E-state index contributed by atoms with van der Waals surface area (Å²) >= 11 is 0. The van der Waals surface area contributed by atoms with Gasteiger partial charge in [-0.2, -0.15) is 0 Å². The second-order valence-corrected chi connectivity index (χ2v) is 7.65. The van der Waals surface area contributed by atoms with E-state index in [0.29, 0.717) is 28.2 Å². The minimum absolute atomic E-state index is 0.202. The smallest absolute Gasteiger partial charge is 0.319 e. The number of aryl methyl sites for hydroxylation is 2. The second kappa shape index (κ2) is 8.14. The van der Waals surface area contributed by atoms with Gasteiger partial charge in [0.05, 0.1) is 18.2 Å². The molecule has 2 aromatic carbocycles. The lowest BCUT2D eigenvalue weighted by molar-refractivity contribution is 0.0997. The van der Waals surface area contributed by atoms with E-state index < -0.39 is 5.91 Å². The number of nitrogens with zero attached hydrogens (tertiary/aromatic N) is 1. The highest BCUT2D eigenvalue weighted by molar-refractivity contribution is 6.01. The first kappa shape index (κ1) is 20.5. The molecule has 0 spiro atoms. The van der Waals surface area contributed by atoms with Crippen LogP contribution in [0.3, 0.4) is 0 Å². The third-order valence-corrected chi connectivity index (χ3v) is 5.19. The maximum atomic E-state index is 12.1. The van der Waals surface area contributed by atoms with Crippen LogP contribution in [-0.4, -0.2) is 30.1 Å². The molecule has 1 saturated carbocycles. The van der Waals surface area contributed by atoms with E-state index in [4.69, 9.17) is 15.2 Å². The summed E-state index contributed by atoms with van der Waals surface area (Å²) in [5.41, 5.74) is 8.80. The maximum Gasteiger partial charge on any atom is 0.319 e. The number of benzene rings is 2. The van der Waals surface area contributed by atoms with Gasteiger partial charge in [0.25, 0.3) is 5.91 Å². The van der Waals surface area contributed by atoms with E-state index in [2.05, 4.69) is 15.6 Å². The van der Waals surface area contributed by atoms with Crippen LogP contribution in [0, 0.1) is 13.8 Å². The molecule has 3 amide bonds. The van der Waals surface area contributed by atoms with Crippen molar-refractivity contribution in [3.05, 3.63) is 53.2 Å². The summed E-state index contributed by atoms with van der Waals surface area (Å²) in [6, 6.07) is 8.83. The lowest BCUT2D eigenvalue weighted by Gasteiger charge is -2.16. The summed E-state index contributed by atoms with van der Waals surface area (Å²) in [5, 5.41) is 6.44. The molecular formula is C23H24N4O4. The number of carbonyl (C=O) groups is 2. The predicted octanol–water partition coefficient (Wildman–Crippen LogP) is 4.04. The number of urea groups is 1. The van der Waals surface area contributed by atoms with Crippen LogP contribution < -0.4 is 25.8 Å². The predicted molar refractivity (Wildman–Crippen MR) is 118 cm³/mol. The number of anilines is 1. The Kier molecular flexibility index (Phi) is 5.37. The number of primary amides is 1. The van der Waals surface area contributed by atoms with Gasteiger partial charge >= 0.3 is 6.03 Å². The van der Waals surface area contributed by atoms with Gasteiger partial charge in [-0.05, 0) is 62.1 Å². The standard InChI is InChI=1S/C23H24N4O4/c1-12-9-20(13(2)8-17(12)27-23(29)26-14-4-5-14)31-19-6-7-25-18-11-21(30-3)16(22(24)28)10-15(18)19/h6-11,14H,4-5H2,1-3H3,(H2,24,28)(H2,26,27,29). The molecular weight excluding hydrogens is 396 g/mol. The SMILES string of the molecule is COc1cc2nccc(Oc3cc(C)c(NC(=O)NC4CC4)cc3C)c2cc1C(N)=O. The van der Waals surface area contributed by atoms with E-state index >= 15 is 0 Å². The van der Waals surface area contributed by atoms with Crippen LogP contribution >= 0.6 is 0 Å². The minimum atomic E-state index is -0.597. The van der Waals surface area contributed by atoms with Gasteiger partial charge in [-0.3, -0.25) is 9.78 Å². The van der Waals surface area contributed by atoms with Gasteiger partial charge in [0.2, 0.25) is 0 Å². The molecule has 0 aliphatic heterocycles. The van der Waals surface area contributed by atoms with E-state index in [-0.39, 0.29) is 17.6 Å². The highest BCUT2D eigenvalue weighted by Gasteiger charge is 2.23. The van der Waals surface area contributed by atoms with Gasteiger partial charge in [0, 0.05) is 29.4 Å². The third-order valence-electron chi connectivity index (χ3n) is 5.19. The highest BCUT2D eigenvalue weighted by Crippen LogP contribution is 2.35. The van der Waals surface area contributed by atoms with Crippen molar-refractivity contribution in [3.8, 4) is 17.2 Å². The molecule has 160 valence electrons. The first-order valence-corrected chi connectivity index (χ1v) is 9.99. The number of fused-ring (bicyclic) bond motifs is 1. The van der Waals surface area contributed by atoms with Crippen LogP contribution in [0.5, 0.6) is 17.2 Å². The summed E-state index contributed by atoms with van der Waals surface area (Å²) in [5.74, 6) is 0.927. The van der Waals surface area contributed by atoms with E-state index in [1.807, 2.05) is 26.0 Å². The van der Waals surface area contributed by atoms with E-state index in [0.717, 1.165) is 29.7 Å². The summed E-state index contributed by atoms with van der Waals surface area (Å²) in [7, 11) is 1.47. The van der Waals surface area contributed by atoms with Crippen molar-refractivity contribution in [1.82, 2.24) is 10.3 Å². The molecule has 0 unspecified atom stereocenters. The van der Waals surface area contributed by atoms with Crippen LogP contribution in [0.25, 0.3) is 10.9 Å². The monoisotopic (exact) mass is 420 g/mol. The number of carbonyl (C=O) groups excluding carboxylic acids is 2. The summed E-state index contributed by atoms with van der Waals surface area (Å²) in [6.07, 6.45) is 3.68. The lowest BCUT2D eigenvalue weighted by atomic mass is 10.1. The van der Waals surface area contributed by atoms with Crippen LogP contribution in [0.4, 0.5) is 10.5 Å². The van der Waals surface area contributed by atoms with Gasteiger partial charge in [-0.15, -0.1) is 0 Å². The van der Waals surface area contributed by atoms with Crippen LogP contribution in [0.2, 0.25) is 0 Å². The molecule has 1 fully saturated rings. The van der Waals surface area contributed by atoms with Gasteiger partial charge in [0.15, 0.2) is 0 Å². The largest absolute Gasteiger partial charge is 0.496 e. The fourth-order valence-corrected chi connectivity index (χ4v) is 3.32. The normalized spacial score (nSPS) is 13.0. The fraction of sp³-hybridized carbons (Fsp3) is 0.261. The summed E-state index contributed by atoms with van der Waals surface area (Å²) in [4.78, 5) is 28.3. The highest BCUT2D eigenvalue weighted by atomic mass is 16.5. The number of ether oxygens (including phenoxy) is 2.